The van der Waals surface area contributed by atoms with Crippen LogP contribution < -0.4 is 15.4 Å². The Hall–Kier alpha value is -3.55. The quantitative estimate of drug-likeness (QED) is 0.314. The van der Waals surface area contributed by atoms with E-state index in [1.54, 1.807) is 0 Å². The number of aromatic nitrogens is 3. The fourth-order valence-corrected chi connectivity index (χ4v) is 5.23. The minimum absolute atomic E-state index is 0.480. The predicted octanol–water partition coefficient (Wildman–Crippen LogP) is 5.55. The first-order valence-electron chi connectivity index (χ1n) is 13.1. The fourth-order valence-electron chi connectivity index (χ4n) is 5.23. The first kappa shape index (κ1) is 25.1. The van der Waals surface area contributed by atoms with Gasteiger partial charge in [-0.1, -0.05) is 18.2 Å². The number of benzene rings is 3. The molecule has 3 aromatic carbocycles. The Labute approximate surface area is 219 Å². The highest BCUT2D eigenvalue weighted by molar-refractivity contribution is 5.86. The number of nitrogens with one attached hydrogen (secondary N) is 2. The van der Waals surface area contributed by atoms with Gasteiger partial charge in [-0.05, 0) is 112 Å². The second-order valence-corrected chi connectivity index (χ2v) is 9.94. The molecule has 0 atom stereocenters. The van der Waals surface area contributed by atoms with Gasteiger partial charge in [0.05, 0.1) is 5.52 Å². The highest BCUT2D eigenvalue weighted by Crippen LogP contribution is 2.31. The first-order valence-corrected chi connectivity index (χ1v) is 13.1. The minimum Gasteiger partial charge on any atom is -0.492 e. The molecule has 2 heterocycles. The van der Waals surface area contributed by atoms with Gasteiger partial charge >= 0.3 is 0 Å². The molecule has 1 fully saturated rings. The molecule has 2 N–H and O–H groups in total. The van der Waals surface area contributed by atoms with Crippen LogP contribution in [0.4, 0.5) is 11.6 Å². The number of aryl methyl sites for hydroxylation is 3. The Morgan fingerprint density at radius 2 is 1.70 bits per heavy atom. The van der Waals surface area contributed by atoms with E-state index < -0.39 is 0 Å². The molecule has 1 aromatic heterocycles. The molecule has 1 aliphatic heterocycles. The molecule has 0 radical (unpaired) electrons. The summed E-state index contributed by atoms with van der Waals surface area (Å²) in [6.07, 6.45) is 2.59. The number of anilines is 2. The Morgan fingerprint density at radius 3 is 2.46 bits per heavy atom. The summed E-state index contributed by atoms with van der Waals surface area (Å²) in [5.74, 6) is 1.39. The Bertz CT molecular complexity index is 1380. The Balaban J connectivity index is 1.35. The van der Waals surface area contributed by atoms with Gasteiger partial charge in [-0.25, -0.2) is 4.98 Å². The van der Waals surface area contributed by atoms with Crippen LogP contribution in [0.15, 0.2) is 48.5 Å². The topological polar surface area (TPSA) is 75.2 Å². The molecule has 0 bridgehead atoms. The van der Waals surface area contributed by atoms with Crippen molar-refractivity contribution in [2.24, 2.45) is 0 Å². The summed E-state index contributed by atoms with van der Waals surface area (Å²) < 4.78 is 6.14. The van der Waals surface area contributed by atoms with E-state index in [2.05, 4.69) is 82.9 Å². The molecule has 1 aliphatic rings. The average molecular weight is 497 g/mol. The summed E-state index contributed by atoms with van der Waals surface area (Å²) in [4.78, 5) is 7.27. The van der Waals surface area contributed by atoms with Crippen LogP contribution in [0.5, 0.6) is 5.75 Å². The summed E-state index contributed by atoms with van der Waals surface area (Å²) in [7, 11) is 1.94. The summed E-state index contributed by atoms with van der Waals surface area (Å²) in [6.45, 7) is 11.1. The molecule has 192 valence electrons. The van der Waals surface area contributed by atoms with Gasteiger partial charge in [0, 0.05) is 24.3 Å². The SMILES string of the molecule is CNCc1cc(Nc2nnc3cc(-c4c(C)cccc4C)cc(C)c3n2)ccc1OCCN1CCCC1. The predicted molar refractivity (Wildman–Crippen MR) is 151 cm³/mol. The number of nitrogens with zero attached hydrogens (tertiary/aromatic N) is 4. The van der Waals surface area contributed by atoms with Crippen molar-refractivity contribution < 1.29 is 4.74 Å². The second kappa shape index (κ2) is 11.2. The summed E-state index contributed by atoms with van der Waals surface area (Å²) in [5.41, 5.74) is 9.61. The zero-order valence-electron chi connectivity index (χ0n) is 22.3. The van der Waals surface area contributed by atoms with Crippen molar-refractivity contribution in [3.8, 4) is 16.9 Å². The van der Waals surface area contributed by atoms with Gasteiger partial charge < -0.3 is 15.4 Å². The monoisotopic (exact) mass is 496 g/mol. The molecule has 7 nitrogen and oxygen atoms in total. The summed E-state index contributed by atoms with van der Waals surface area (Å²) >= 11 is 0. The number of ether oxygens (including phenoxy) is 1. The molecule has 0 spiro atoms. The molecule has 0 amide bonds. The Morgan fingerprint density at radius 1 is 0.919 bits per heavy atom. The fraction of sp³-hybridized carbons (Fsp3) is 0.367. The Kier molecular flexibility index (Phi) is 7.63. The highest BCUT2D eigenvalue weighted by atomic mass is 16.5. The van der Waals surface area contributed by atoms with E-state index >= 15 is 0 Å². The number of rotatable bonds is 9. The minimum atomic E-state index is 0.480. The van der Waals surface area contributed by atoms with Crippen molar-refractivity contribution >= 4 is 22.7 Å². The van der Waals surface area contributed by atoms with Gasteiger partial charge in [-0.3, -0.25) is 4.90 Å². The zero-order chi connectivity index (χ0) is 25.8. The van der Waals surface area contributed by atoms with Crippen molar-refractivity contribution in [3.05, 3.63) is 70.8 Å². The smallest absolute Gasteiger partial charge is 0.247 e. The molecule has 0 saturated carbocycles. The lowest BCUT2D eigenvalue weighted by Gasteiger charge is -2.17. The van der Waals surface area contributed by atoms with Gasteiger partial charge in [0.2, 0.25) is 5.95 Å². The van der Waals surface area contributed by atoms with Crippen LogP contribution in [0, 0.1) is 20.8 Å². The summed E-state index contributed by atoms with van der Waals surface area (Å²) in [5, 5.41) is 15.5. The lowest BCUT2D eigenvalue weighted by Crippen LogP contribution is -2.25. The second-order valence-electron chi connectivity index (χ2n) is 9.94. The molecule has 5 rings (SSSR count). The van der Waals surface area contributed by atoms with Crippen LogP contribution in [0.25, 0.3) is 22.2 Å². The van der Waals surface area contributed by atoms with E-state index in [-0.39, 0.29) is 0 Å². The third kappa shape index (κ3) is 5.73. The maximum absolute atomic E-state index is 6.14. The van der Waals surface area contributed by atoms with E-state index in [1.807, 2.05) is 19.2 Å². The van der Waals surface area contributed by atoms with Crippen molar-refractivity contribution in [2.45, 2.75) is 40.2 Å². The standard InChI is InChI=1S/C30H36N6O/c1-20-8-7-9-21(2)28(20)23-16-22(3)29-26(18-23)34-35-30(33-29)32-25-10-11-27(24(17-25)19-31-4)37-15-14-36-12-5-6-13-36/h7-11,16-18,31H,5-6,12-15,19H2,1-4H3,(H,32,33,35). The maximum Gasteiger partial charge on any atom is 0.247 e. The first-order chi connectivity index (χ1) is 18.0. The molecular formula is C30H36N6O. The van der Waals surface area contributed by atoms with Crippen LogP contribution in [-0.2, 0) is 6.54 Å². The number of hydrogen-bond donors (Lipinski definition) is 2. The van der Waals surface area contributed by atoms with Crippen molar-refractivity contribution in [1.29, 1.82) is 0 Å². The molecule has 37 heavy (non-hydrogen) atoms. The molecule has 0 aliphatic carbocycles. The molecular weight excluding hydrogens is 460 g/mol. The van der Waals surface area contributed by atoms with E-state index in [0.717, 1.165) is 45.7 Å². The van der Waals surface area contributed by atoms with E-state index in [0.29, 0.717) is 19.1 Å². The average Bonchev–Trinajstić information content (AvgIpc) is 3.39. The lowest BCUT2D eigenvalue weighted by molar-refractivity contribution is 0.236. The van der Waals surface area contributed by atoms with Gasteiger partial charge in [0.1, 0.15) is 17.9 Å². The molecule has 7 heteroatoms. The summed E-state index contributed by atoms with van der Waals surface area (Å²) in [6, 6.07) is 16.8. The van der Waals surface area contributed by atoms with Crippen LogP contribution in [0.2, 0.25) is 0 Å². The van der Waals surface area contributed by atoms with Crippen molar-refractivity contribution in [1.82, 2.24) is 25.4 Å². The van der Waals surface area contributed by atoms with E-state index in [1.165, 1.54) is 42.6 Å². The van der Waals surface area contributed by atoms with Crippen LogP contribution in [0.1, 0.15) is 35.1 Å². The van der Waals surface area contributed by atoms with Gasteiger partial charge in [0.15, 0.2) is 0 Å². The number of hydrogen-bond acceptors (Lipinski definition) is 7. The molecule has 4 aromatic rings. The van der Waals surface area contributed by atoms with Crippen LogP contribution in [0.3, 0.4) is 0 Å². The van der Waals surface area contributed by atoms with Gasteiger partial charge in [-0.2, -0.15) is 0 Å². The van der Waals surface area contributed by atoms with E-state index in [9.17, 15) is 0 Å². The van der Waals surface area contributed by atoms with Crippen LogP contribution in [-0.4, -0.2) is 53.4 Å². The molecule has 1 saturated heterocycles. The maximum atomic E-state index is 6.14. The number of likely N-dealkylation sites (tertiary alicyclic amines) is 1. The third-order valence-electron chi connectivity index (χ3n) is 7.07. The largest absolute Gasteiger partial charge is 0.492 e. The van der Waals surface area contributed by atoms with Gasteiger partial charge in [0.25, 0.3) is 0 Å². The molecule has 0 unspecified atom stereocenters. The lowest BCUT2D eigenvalue weighted by atomic mass is 9.94. The van der Waals surface area contributed by atoms with Gasteiger partial charge in [-0.15, -0.1) is 10.2 Å². The third-order valence-corrected chi connectivity index (χ3v) is 7.07. The number of fused-ring (bicyclic) bond motifs is 1. The zero-order valence-corrected chi connectivity index (χ0v) is 22.3. The highest BCUT2D eigenvalue weighted by Gasteiger charge is 2.14. The van der Waals surface area contributed by atoms with Crippen LogP contribution >= 0.6 is 0 Å². The van der Waals surface area contributed by atoms with Crippen molar-refractivity contribution in [2.75, 3.05) is 38.6 Å². The van der Waals surface area contributed by atoms with Crippen molar-refractivity contribution in [3.63, 3.8) is 0 Å². The van der Waals surface area contributed by atoms with E-state index in [4.69, 9.17) is 9.72 Å². The normalized spacial score (nSPS) is 13.8.